The first-order chi connectivity index (χ1) is 12.3. The van der Waals surface area contributed by atoms with Gasteiger partial charge in [-0.1, -0.05) is 30.3 Å². The van der Waals surface area contributed by atoms with Crippen LogP contribution in [0.4, 0.5) is 0 Å². The van der Waals surface area contributed by atoms with Crippen LogP contribution in [0.3, 0.4) is 0 Å². The average molecular weight is 349 g/mol. The van der Waals surface area contributed by atoms with Gasteiger partial charge in [0.25, 0.3) is 0 Å². The highest BCUT2D eigenvalue weighted by molar-refractivity contribution is 7.07. The molecule has 4 aromatic rings. The molecule has 0 saturated carbocycles. The predicted octanol–water partition coefficient (Wildman–Crippen LogP) is 3.99. The summed E-state index contributed by atoms with van der Waals surface area (Å²) in [7, 11) is 1.38. The molecule has 0 aliphatic carbocycles. The van der Waals surface area contributed by atoms with Crippen LogP contribution in [0, 0.1) is 0 Å². The molecule has 0 amide bonds. The van der Waals surface area contributed by atoms with Gasteiger partial charge in [0.05, 0.1) is 29.2 Å². The smallest absolute Gasteiger partial charge is 0.337 e. The van der Waals surface area contributed by atoms with Crippen molar-refractivity contribution >= 4 is 28.3 Å². The largest absolute Gasteiger partial charge is 0.465 e. The number of esters is 1. The molecule has 0 aliphatic heterocycles. The molecule has 4 rings (SSSR count). The van der Waals surface area contributed by atoms with E-state index in [1.165, 1.54) is 24.0 Å². The second kappa shape index (κ2) is 6.49. The van der Waals surface area contributed by atoms with Gasteiger partial charge in [0.1, 0.15) is 5.69 Å². The van der Waals surface area contributed by atoms with Crippen molar-refractivity contribution in [2.75, 3.05) is 7.11 Å². The van der Waals surface area contributed by atoms with Gasteiger partial charge in [-0.05, 0) is 23.8 Å². The Morgan fingerprint density at radius 1 is 1.20 bits per heavy atom. The molecule has 2 aromatic heterocycles. The van der Waals surface area contributed by atoms with Gasteiger partial charge in [0.15, 0.2) is 5.82 Å². The summed E-state index contributed by atoms with van der Waals surface area (Å²) >= 11 is 1.53. The summed E-state index contributed by atoms with van der Waals surface area (Å²) in [5, 5.41) is 1.98. The zero-order valence-corrected chi connectivity index (χ0v) is 14.4. The summed E-state index contributed by atoms with van der Waals surface area (Å²) < 4.78 is 6.93. The first-order valence-corrected chi connectivity index (χ1v) is 8.71. The molecule has 2 heterocycles. The third-order valence-electron chi connectivity index (χ3n) is 4.01. The Labute approximate surface area is 148 Å². The number of aromatic nitrogens is 3. The highest BCUT2D eigenvalue weighted by Gasteiger charge is 2.16. The number of rotatable bonds is 4. The van der Waals surface area contributed by atoms with Gasteiger partial charge in [-0.15, -0.1) is 11.3 Å². The molecule has 124 valence electrons. The van der Waals surface area contributed by atoms with Crippen LogP contribution in [0.5, 0.6) is 0 Å². The topological polar surface area (TPSA) is 57.0 Å². The minimum Gasteiger partial charge on any atom is -0.465 e. The monoisotopic (exact) mass is 349 g/mol. The van der Waals surface area contributed by atoms with Crippen molar-refractivity contribution in [1.82, 2.24) is 14.5 Å². The molecule has 0 N–H and O–H groups in total. The number of carbonyl (C=O) groups excluding carboxylic acids is 1. The minimum absolute atomic E-state index is 0.366. The number of nitrogens with zero attached hydrogens (tertiary/aromatic N) is 3. The maximum Gasteiger partial charge on any atom is 0.337 e. The molecule has 0 spiro atoms. The Morgan fingerprint density at radius 3 is 2.76 bits per heavy atom. The van der Waals surface area contributed by atoms with E-state index < -0.39 is 0 Å². The van der Waals surface area contributed by atoms with Crippen molar-refractivity contribution in [2.45, 2.75) is 6.54 Å². The number of benzene rings is 2. The minimum atomic E-state index is -0.366. The summed E-state index contributed by atoms with van der Waals surface area (Å²) in [5.74, 6) is 0.428. The first kappa shape index (κ1) is 15.5. The van der Waals surface area contributed by atoms with Crippen molar-refractivity contribution in [3.63, 3.8) is 0 Å². The molecular weight excluding hydrogens is 334 g/mol. The lowest BCUT2D eigenvalue weighted by Gasteiger charge is -2.08. The number of hydrogen-bond donors (Lipinski definition) is 0. The highest BCUT2D eigenvalue weighted by Crippen LogP contribution is 2.26. The number of fused-ring (bicyclic) bond motifs is 1. The average Bonchev–Trinajstić information content (AvgIpc) is 3.29. The lowest BCUT2D eigenvalue weighted by atomic mass is 10.2. The van der Waals surface area contributed by atoms with Gasteiger partial charge in [-0.2, -0.15) is 0 Å². The molecule has 0 bridgehead atoms. The first-order valence-electron chi connectivity index (χ1n) is 7.77. The maximum absolute atomic E-state index is 11.8. The van der Waals surface area contributed by atoms with Gasteiger partial charge >= 0.3 is 5.97 Å². The van der Waals surface area contributed by atoms with Crippen molar-refractivity contribution in [1.29, 1.82) is 0 Å². The van der Waals surface area contributed by atoms with Crippen LogP contribution in [0.1, 0.15) is 15.9 Å². The quantitative estimate of drug-likeness (QED) is 0.523. The zero-order valence-electron chi connectivity index (χ0n) is 13.5. The van der Waals surface area contributed by atoms with E-state index >= 15 is 0 Å². The lowest BCUT2D eigenvalue weighted by Crippen LogP contribution is -2.03. The van der Waals surface area contributed by atoms with Crippen molar-refractivity contribution in [3.8, 4) is 11.5 Å². The van der Waals surface area contributed by atoms with E-state index in [1.54, 1.807) is 17.6 Å². The molecule has 0 unspecified atom stereocenters. The second-order valence-corrected chi connectivity index (χ2v) is 6.29. The Morgan fingerprint density at radius 2 is 2.04 bits per heavy atom. The van der Waals surface area contributed by atoms with Crippen LogP contribution in [-0.4, -0.2) is 27.6 Å². The van der Waals surface area contributed by atoms with E-state index in [2.05, 4.69) is 21.7 Å². The van der Waals surface area contributed by atoms with Crippen molar-refractivity contribution < 1.29 is 9.53 Å². The molecule has 5 nitrogen and oxygen atoms in total. The molecule has 0 saturated heterocycles. The van der Waals surface area contributed by atoms with Crippen LogP contribution in [0.15, 0.2) is 59.4 Å². The standard InChI is InChI=1S/C19H15N3O2S/c1-24-19(23)14-7-8-17-15(9-14)21-18(16-11-25-12-20-16)22(17)10-13-5-3-2-4-6-13/h2-9,11-12H,10H2,1H3. The Bertz CT molecular complexity index is 1020. The maximum atomic E-state index is 11.8. The fourth-order valence-corrected chi connectivity index (χ4v) is 3.35. The van der Waals surface area contributed by atoms with Crippen molar-refractivity contribution in [2.24, 2.45) is 0 Å². The number of carbonyl (C=O) groups is 1. The number of methoxy groups -OCH3 is 1. The number of thiazole rings is 1. The van der Waals surface area contributed by atoms with Crippen molar-refractivity contribution in [3.05, 3.63) is 70.5 Å². The van der Waals surface area contributed by atoms with Crippen LogP contribution in [-0.2, 0) is 11.3 Å². The van der Waals surface area contributed by atoms with E-state index in [0.717, 1.165) is 22.6 Å². The Hall–Kier alpha value is -2.99. The van der Waals surface area contributed by atoms with Gasteiger partial charge in [-0.3, -0.25) is 0 Å². The summed E-state index contributed by atoms with van der Waals surface area (Å²) in [4.78, 5) is 20.9. The molecule has 6 heteroatoms. The van der Waals surface area contributed by atoms with Crippen LogP contribution in [0.2, 0.25) is 0 Å². The van der Waals surface area contributed by atoms with Gasteiger partial charge in [0.2, 0.25) is 0 Å². The van der Waals surface area contributed by atoms with E-state index in [1.807, 2.05) is 29.6 Å². The Kier molecular flexibility index (Phi) is 4.03. The molecule has 25 heavy (non-hydrogen) atoms. The second-order valence-electron chi connectivity index (χ2n) is 5.58. The number of ether oxygens (including phenoxy) is 1. The third kappa shape index (κ3) is 2.92. The molecule has 0 atom stereocenters. The normalized spacial score (nSPS) is 10.9. The van der Waals surface area contributed by atoms with E-state index in [0.29, 0.717) is 12.1 Å². The summed E-state index contributed by atoms with van der Waals surface area (Å²) in [6.45, 7) is 0.682. The van der Waals surface area contributed by atoms with E-state index in [9.17, 15) is 4.79 Å². The summed E-state index contributed by atoms with van der Waals surface area (Å²) in [5.41, 5.74) is 6.00. The molecule has 0 fully saturated rings. The molecular formula is C19H15N3O2S. The third-order valence-corrected chi connectivity index (χ3v) is 4.60. The Balaban J connectivity index is 1.88. The number of hydrogen-bond acceptors (Lipinski definition) is 5. The van der Waals surface area contributed by atoms with Gasteiger partial charge < -0.3 is 9.30 Å². The zero-order chi connectivity index (χ0) is 17.2. The summed E-state index contributed by atoms with van der Waals surface area (Å²) in [6, 6.07) is 15.6. The SMILES string of the molecule is COC(=O)c1ccc2c(c1)nc(-c1cscn1)n2Cc1ccccc1. The highest BCUT2D eigenvalue weighted by atomic mass is 32.1. The van der Waals surface area contributed by atoms with Gasteiger partial charge in [0, 0.05) is 11.9 Å². The molecule has 0 radical (unpaired) electrons. The predicted molar refractivity (Wildman–Crippen MR) is 97.7 cm³/mol. The lowest BCUT2D eigenvalue weighted by molar-refractivity contribution is 0.0601. The molecule has 2 aromatic carbocycles. The van der Waals surface area contributed by atoms with Crippen LogP contribution >= 0.6 is 11.3 Å². The van der Waals surface area contributed by atoms with Crippen LogP contribution in [0.25, 0.3) is 22.6 Å². The van der Waals surface area contributed by atoms with Crippen LogP contribution < -0.4 is 0 Å². The fourth-order valence-electron chi connectivity index (χ4n) is 2.82. The number of imidazole rings is 1. The molecule has 0 aliphatic rings. The summed E-state index contributed by atoms with van der Waals surface area (Å²) in [6.07, 6.45) is 0. The van der Waals surface area contributed by atoms with E-state index in [-0.39, 0.29) is 5.97 Å². The fraction of sp³-hybridized carbons (Fsp3) is 0.105. The van der Waals surface area contributed by atoms with E-state index in [4.69, 9.17) is 9.72 Å². The van der Waals surface area contributed by atoms with Gasteiger partial charge in [-0.25, -0.2) is 14.8 Å².